The lowest BCUT2D eigenvalue weighted by atomic mass is 10.2. The smallest absolute Gasteiger partial charge is 0.306 e. The summed E-state index contributed by atoms with van der Waals surface area (Å²) >= 11 is 3.31. The number of aromatic nitrogens is 1. The molecule has 1 aromatic heterocycles. The van der Waals surface area contributed by atoms with Crippen LogP contribution in [0, 0.1) is 0 Å². The Morgan fingerprint density at radius 1 is 1.28 bits per heavy atom. The number of benzene rings is 1. The first-order valence-corrected chi connectivity index (χ1v) is 10.4. The van der Waals surface area contributed by atoms with Crippen LogP contribution >= 0.6 is 23.1 Å². The van der Waals surface area contributed by atoms with Crippen LogP contribution in [0.4, 0.5) is 0 Å². The first kappa shape index (κ1) is 19.7. The van der Waals surface area contributed by atoms with Crippen molar-refractivity contribution >= 4 is 45.2 Å². The molecule has 1 aromatic carbocycles. The number of nitrogens with one attached hydrogen (secondary N) is 1. The van der Waals surface area contributed by atoms with E-state index in [0.29, 0.717) is 12.8 Å². The van der Waals surface area contributed by atoms with Crippen LogP contribution in [-0.4, -0.2) is 35.3 Å². The van der Waals surface area contributed by atoms with E-state index in [0.717, 1.165) is 28.5 Å². The van der Waals surface area contributed by atoms with Gasteiger partial charge in [-0.25, -0.2) is 4.98 Å². The van der Waals surface area contributed by atoms with Crippen molar-refractivity contribution in [1.82, 2.24) is 10.3 Å². The Labute approximate surface area is 156 Å². The monoisotopic (exact) mass is 380 g/mol. The Morgan fingerprint density at radius 3 is 2.76 bits per heavy atom. The molecule has 2 aromatic rings. The summed E-state index contributed by atoms with van der Waals surface area (Å²) in [5.41, 5.74) is 1.01. The minimum absolute atomic E-state index is 0.149. The van der Waals surface area contributed by atoms with Crippen molar-refractivity contribution in [3.05, 3.63) is 24.3 Å². The van der Waals surface area contributed by atoms with Gasteiger partial charge in [-0.05, 0) is 31.4 Å². The van der Waals surface area contributed by atoms with Crippen molar-refractivity contribution in [1.29, 1.82) is 0 Å². The van der Waals surface area contributed by atoms with Gasteiger partial charge in [0.05, 0.1) is 10.2 Å². The number of rotatable bonds is 10. The Hall–Kier alpha value is -1.60. The number of hydrogen-bond donors (Lipinski definition) is 1. The van der Waals surface area contributed by atoms with Crippen molar-refractivity contribution in [2.75, 3.05) is 12.4 Å². The van der Waals surface area contributed by atoms with Gasteiger partial charge in [0.15, 0.2) is 10.9 Å². The number of amides is 1. The molecule has 5 nitrogen and oxygen atoms in total. The Kier molecular flexibility index (Phi) is 8.21. The minimum Gasteiger partial charge on any atom is -0.456 e. The largest absolute Gasteiger partial charge is 0.456 e. The van der Waals surface area contributed by atoms with E-state index in [-0.39, 0.29) is 24.5 Å². The second-order valence-corrected chi connectivity index (χ2v) is 8.01. The van der Waals surface area contributed by atoms with Crippen molar-refractivity contribution in [2.24, 2.45) is 0 Å². The summed E-state index contributed by atoms with van der Waals surface area (Å²) in [6.07, 6.45) is 2.77. The average Bonchev–Trinajstić information content (AvgIpc) is 3.04. The Morgan fingerprint density at radius 2 is 2.04 bits per heavy atom. The van der Waals surface area contributed by atoms with Crippen molar-refractivity contribution in [2.45, 2.75) is 49.9 Å². The predicted molar refractivity (Wildman–Crippen MR) is 103 cm³/mol. The lowest BCUT2D eigenvalue weighted by Crippen LogP contribution is -2.36. The van der Waals surface area contributed by atoms with Gasteiger partial charge in [-0.1, -0.05) is 37.7 Å². The van der Waals surface area contributed by atoms with Crippen molar-refractivity contribution in [3.63, 3.8) is 0 Å². The topological polar surface area (TPSA) is 68.3 Å². The molecule has 1 heterocycles. The van der Waals surface area contributed by atoms with E-state index >= 15 is 0 Å². The molecule has 0 fully saturated rings. The van der Waals surface area contributed by atoms with Crippen LogP contribution < -0.4 is 5.32 Å². The SMILES string of the molecule is CCC(CC)NC(=O)COC(=O)CCCSc1nc2ccccc2s1. The molecule has 0 saturated carbocycles. The third-order valence-corrected chi connectivity index (χ3v) is 6.01. The molecular weight excluding hydrogens is 356 g/mol. The fourth-order valence-electron chi connectivity index (χ4n) is 2.27. The zero-order chi connectivity index (χ0) is 18.1. The molecule has 136 valence electrons. The number of para-hydroxylation sites is 1. The second kappa shape index (κ2) is 10.4. The summed E-state index contributed by atoms with van der Waals surface area (Å²) in [6.45, 7) is 3.84. The van der Waals surface area contributed by atoms with E-state index in [1.54, 1.807) is 23.1 Å². The van der Waals surface area contributed by atoms with Gasteiger partial charge in [0.1, 0.15) is 0 Å². The van der Waals surface area contributed by atoms with Gasteiger partial charge in [0.2, 0.25) is 0 Å². The van der Waals surface area contributed by atoms with Crippen LogP contribution in [0.3, 0.4) is 0 Å². The summed E-state index contributed by atoms with van der Waals surface area (Å²) < 4.78 is 7.21. The van der Waals surface area contributed by atoms with Crippen LogP contribution in [0.25, 0.3) is 10.2 Å². The highest BCUT2D eigenvalue weighted by Crippen LogP contribution is 2.29. The predicted octanol–water partition coefficient (Wildman–Crippen LogP) is 4.02. The van der Waals surface area contributed by atoms with Gasteiger partial charge >= 0.3 is 5.97 Å². The molecule has 7 heteroatoms. The molecule has 0 aliphatic heterocycles. The number of thiazole rings is 1. The highest BCUT2D eigenvalue weighted by atomic mass is 32.2. The fourth-order valence-corrected chi connectivity index (χ4v) is 4.35. The third-order valence-electron chi connectivity index (χ3n) is 3.74. The van der Waals surface area contributed by atoms with Crippen LogP contribution in [0.1, 0.15) is 39.5 Å². The standard InChI is InChI=1S/C18H24N2O3S2/c1-3-13(4-2)19-16(21)12-23-17(22)10-7-11-24-18-20-14-8-5-6-9-15(14)25-18/h5-6,8-9,13H,3-4,7,10-12H2,1-2H3,(H,19,21). The number of ether oxygens (including phenoxy) is 1. The molecule has 25 heavy (non-hydrogen) atoms. The molecule has 1 N–H and O–H groups in total. The van der Waals surface area contributed by atoms with E-state index < -0.39 is 0 Å². The van der Waals surface area contributed by atoms with E-state index in [4.69, 9.17) is 4.74 Å². The zero-order valence-electron chi connectivity index (χ0n) is 14.6. The highest BCUT2D eigenvalue weighted by Gasteiger charge is 2.11. The van der Waals surface area contributed by atoms with Gasteiger partial charge < -0.3 is 10.1 Å². The molecule has 0 unspecified atom stereocenters. The fraction of sp³-hybridized carbons (Fsp3) is 0.500. The zero-order valence-corrected chi connectivity index (χ0v) is 16.3. The Balaban J connectivity index is 1.61. The molecular formula is C18H24N2O3S2. The molecule has 1 amide bonds. The van der Waals surface area contributed by atoms with Gasteiger partial charge in [0.25, 0.3) is 5.91 Å². The number of hydrogen-bond acceptors (Lipinski definition) is 6. The number of thioether (sulfide) groups is 1. The summed E-state index contributed by atoms with van der Waals surface area (Å²) in [4.78, 5) is 27.9. The van der Waals surface area contributed by atoms with Crippen LogP contribution in [0.5, 0.6) is 0 Å². The molecule has 0 aliphatic carbocycles. The van der Waals surface area contributed by atoms with E-state index in [1.165, 1.54) is 4.70 Å². The second-order valence-electron chi connectivity index (χ2n) is 5.64. The van der Waals surface area contributed by atoms with E-state index in [9.17, 15) is 9.59 Å². The van der Waals surface area contributed by atoms with Gasteiger partial charge in [-0.15, -0.1) is 11.3 Å². The number of fused-ring (bicyclic) bond motifs is 1. The van der Waals surface area contributed by atoms with Gasteiger partial charge in [-0.3, -0.25) is 9.59 Å². The summed E-state index contributed by atoms with van der Waals surface area (Å²) in [5, 5.41) is 2.85. The van der Waals surface area contributed by atoms with E-state index in [2.05, 4.69) is 16.4 Å². The number of nitrogens with zero attached hydrogens (tertiary/aromatic N) is 1. The van der Waals surface area contributed by atoms with Crippen molar-refractivity contribution < 1.29 is 14.3 Å². The number of esters is 1. The summed E-state index contributed by atoms with van der Waals surface area (Å²) in [6, 6.07) is 8.19. The normalized spacial score (nSPS) is 11.0. The first-order chi connectivity index (χ1) is 12.1. The molecule has 0 spiro atoms. The Bertz CT molecular complexity index is 665. The van der Waals surface area contributed by atoms with Gasteiger partial charge in [-0.2, -0.15) is 0 Å². The van der Waals surface area contributed by atoms with Crippen LogP contribution in [-0.2, 0) is 14.3 Å². The first-order valence-electron chi connectivity index (χ1n) is 8.55. The lowest BCUT2D eigenvalue weighted by molar-refractivity contribution is -0.148. The molecule has 0 saturated heterocycles. The number of carbonyl (C=O) groups is 2. The maximum absolute atomic E-state index is 11.7. The highest BCUT2D eigenvalue weighted by molar-refractivity contribution is 8.01. The van der Waals surface area contributed by atoms with Crippen LogP contribution in [0.15, 0.2) is 28.6 Å². The quantitative estimate of drug-likeness (QED) is 0.383. The lowest BCUT2D eigenvalue weighted by Gasteiger charge is -2.14. The molecule has 0 bridgehead atoms. The molecule has 0 atom stereocenters. The molecule has 2 rings (SSSR count). The summed E-state index contributed by atoms with van der Waals surface area (Å²) in [7, 11) is 0. The van der Waals surface area contributed by atoms with E-state index in [1.807, 2.05) is 32.0 Å². The van der Waals surface area contributed by atoms with Crippen molar-refractivity contribution in [3.8, 4) is 0 Å². The number of carbonyl (C=O) groups excluding carboxylic acids is 2. The van der Waals surface area contributed by atoms with Gasteiger partial charge in [0, 0.05) is 18.2 Å². The maximum atomic E-state index is 11.7. The molecule has 0 radical (unpaired) electrons. The van der Waals surface area contributed by atoms with Crippen LogP contribution in [0.2, 0.25) is 0 Å². The molecule has 0 aliphatic rings. The minimum atomic E-state index is -0.329. The summed E-state index contributed by atoms with van der Waals surface area (Å²) in [5.74, 6) is 0.241. The average molecular weight is 381 g/mol. The maximum Gasteiger partial charge on any atom is 0.306 e. The third kappa shape index (κ3) is 6.66.